The van der Waals surface area contributed by atoms with Crippen LogP contribution >= 0.6 is 0 Å². The molecule has 41 heavy (non-hydrogen) atoms. The van der Waals surface area contributed by atoms with Crippen LogP contribution in [0.25, 0.3) is 17.1 Å². The molecule has 0 N–H and O–H groups in total. The van der Waals surface area contributed by atoms with E-state index in [0.717, 1.165) is 34.1 Å². The number of hydrogen-bond acceptors (Lipinski definition) is 8. The van der Waals surface area contributed by atoms with Crippen molar-refractivity contribution >= 4 is 40.4 Å². The van der Waals surface area contributed by atoms with Gasteiger partial charge in [-0.05, 0) is 50.3 Å². The van der Waals surface area contributed by atoms with E-state index in [0.29, 0.717) is 37.3 Å². The zero-order valence-electron chi connectivity index (χ0n) is 23.8. The van der Waals surface area contributed by atoms with Crippen LogP contribution in [0.1, 0.15) is 44.6 Å². The fourth-order valence-electron chi connectivity index (χ4n) is 5.14. The molecule has 0 spiro atoms. The Kier molecular flexibility index (Phi) is 9.05. The highest BCUT2D eigenvalue weighted by molar-refractivity contribution is 5.84. The van der Waals surface area contributed by atoms with Crippen molar-refractivity contribution in [1.29, 1.82) is 10.5 Å². The van der Waals surface area contributed by atoms with Gasteiger partial charge in [0.25, 0.3) is 5.82 Å². The summed E-state index contributed by atoms with van der Waals surface area (Å²) >= 11 is 0. The maximum Gasteiger partial charge on any atom is 0.302 e. The lowest BCUT2D eigenvalue weighted by molar-refractivity contribution is -0.670. The van der Waals surface area contributed by atoms with Gasteiger partial charge >= 0.3 is 11.9 Å². The van der Waals surface area contributed by atoms with E-state index in [-0.39, 0.29) is 25.2 Å². The number of rotatable bonds is 10. The summed E-state index contributed by atoms with van der Waals surface area (Å²) in [5.74, 6) is 1.08. The number of hydrogen-bond donors (Lipinski definition) is 0. The second-order valence-electron chi connectivity index (χ2n) is 9.34. The summed E-state index contributed by atoms with van der Waals surface area (Å²) in [6, 6.07) is 15.6. The molecule has 210 valence electrons. The Labute approximate surface area is 239 Å². The predicted molar refractivity (Wildman–Crippen MR) is 154 cm³/mol. The highest BCUT2D eigenvalue weighted by Crippen LogP contribution is 2.42. The predicted octanol–water partition coefficient (Wildman–Crippen LogP) is 4.02. The number of aromatic nitrogens is 2. The molecule has 10 nitrogen and oxygen atoms in total. The summed E-state index contributed by atoms with van der Waals surface area (Å²) in [7, 11) is 0. The minimum atomic E-state index is -0.349. The summed E-state index contributed by atoms with van der Waals surface area (Å²) in [5, 5.41) is 19.0. The average molecular weight is 554 g/mol. The number of aryl methyl sites for hydroxylation is 1. The van der Waals surface area contributed by atoms with E-state index in [9.17, 15) is 20.1 Å². The number of fused-ring (bicyclic) bond motifs is 2. The topological polar surface area (TPSA) is 115 Å². The number of imidazole rings is 1. The third-order valence-corrected chi connectivity index (χ3v) is 6.84. The van der Waals surface area contributed by atoms with Crippen molar-refractivity contribution in [2.75, 3.05) is 36.1 Å². The van der Waals surface area contributed by atoms with Gasteiger partial charge in [-0.2, -0.15) is 10.5 Å². The normalized spacial score (nSPS) is 13.5. The molecule has 10 heteroatoms. The van der Waals surface area contributed by atoms with Gasteiger partial charge in [0.2, 0.25) is 0 Å². The molecule has 0 radical (unpaired) electrons. The quantitative estimate of drug-likeness (QED) is 0.273. The fraction of sp³-hybridized carbons (Fsp3) is 0.323. The van der Waals surface area contributed by atoms with E-state index >= 15 is 0 Å². The number of esters is 2. The number of nitrogens with zero attached hydrogens (tertiary/aromatic N) is 6. The van der Waals surface area contributed by atoms with Gasteiger partial charge < -0.3 is 19.3 Å². The summed E-state index contributed by atoms with van der Waals surface area (Å²) < 4.78 is 14.7. The van der Waals surface area contributed by atoms with Gasteiger partial charge in [-0.25, -0.2) is 9.13 Å². The van der Waals surface area contributed by atoms with Gasteiger partial charge in [-0.3, -0.25) is 9.59 Å². The second kappa shape index (κ2) is 12.8. The Morgan fingerprint density at radius 3 is 2.20 bits per heavy atom. The monoisotopic (exact) mass is 553 g/mol. The Bertz CT molecular complexity index is 1620. The first-order valence-electron chi connectivity index (χ1n) is 13.5. The van der Waals surface area contributed by atoms with Crippen LogP contribution in [0.15, 0.2) is 54.4 Å². The molecular weight excluding hydrogens is 520 g/mol. The molecule has 0 amide bonds. The summed E-state index contributed by atoms with van der Waals surface area (Å²) in [6.07, 6.45) is 5.96. The number of ether oxygens (including phenoxy) is 2. The first-order chi connectivity index (χ1) is 19.8. The minimum Gasteiger partial charge on any atom is -0.464 e. The highest BCUT2D eigenvalue weighted by Gasteiger charge is 2.30. The SMILES string of the molecule is CCN1C(=CC=Cc2n(CCOC(C)=O)c3cc(C#N)ccc3[n+]2CC)N(CCOC(C)=O)c2cc(C#N)ccc21. The van der Waals surface area contributed by atoms with Crippen molar-refractivity contribution in [1.82, 2.24) is 4.57 Å². The molecule has 1 aliphatic rings. The maximum absolute atomic E-state index is 11.4. The zero-order chi connectivity index (χ0) is 29.5. The summed E-state index contributed by atoms with van der Waals surface area (Å²) in [5.41, 5.74) is 4.79. The molecule has 3 aromatic rings. The van der Waals surface area contributed by atoms with Gasteiger partial charge in [0, 0.05) is 32.5 Å². The number of allylic oxidation sites excluding steroid dienone is 2. The molecule has 0 unspecified atom stereocenters. The molecule has 0 atom stereocenters. The van der Waals surface area contributed by atoms with Crippen LogP contribution in [0.4, 0.5) is 11.4 Å². The Morgan fingerprint density at radius 2 is 1.56 bits per heavy atom. The largest absolute Gasteiger partial charge is 0.464 e. The van der Waals surface area contributed by atoms with Crippen LogP contribution in [-0.2, 0) is 32.2 Å². The second-order valence-corrected chi connectivity index (χ2v) is 9.34. The summed E-state index contributed by atoms with van der Waals surface area (Å²) in [4.78, 5) is 27.1. The van der Waals surface area contributed by atoms with Gasteiger partial charge in [0.05, 0.1) is 47.7 Å². The average Bonchev–Trinajstić information content (AvgIpc) is 3.42. The van der Waals surface area contributed by atoms with E-state index in [1.54, 1.807) is 12.1 Å². The van der Waals surface area contributed by atoms with Crippen LogP contribution in [-0.4, -0.2) is 42.8 Å². The molecule has 1 aromatic heterocycles. The number of carbonyl (C=O) groups excluding carboxylic acids is 2. The van der Waals surface area contributed by atoms with Gasteiger partial charge in [0.1, 0.15) is 25.6 Å². The molecular formula is C31H33N6O4+. The number of anilines is 2. The lowest BCUT2D eigenvalue weighted by Crippen LogP contribution is -2.35. The molecule has 2 aromatic carbocycles. The molecule has 0 aliphatic carbocycles. The first kappa shape index (κ1) is 28.9. The van der Waals surface area contributed by atoms with Gasteiger partial charge in [0.15, 0.2) is 11.0 Å². The van der Waals surface area contributed by atoms with Crippen molar-refractivity contribution in [2.24, 2.45) is 0 Å². The van der Waals surface area contributed by atoms with E-state index in [4.69, 9.17) is 9.47 Å². The molecule has 0 saturated heterocycles. The van der Waals surface area contributed by atoms with Crippen molar-refractivity contribution in [3.8, 4) is 12.1 Å². The minimum absolute atomic E-state index is 0.200. The first-order valence-corrected chi connectivity index (χ1v) is 13.5. The van der Waals surface area contributed by atoms with E-state index in [2.05, 4.69) is 44.9 Å². The molecule has 0 bridgehead atoms. The van der Waals surface area contributed by atoms with Crippen LogP contribution in [0, 0.1) is 22.7 Å². The van der Waals surface area contributed by atoms with Gasteiger partial charge in [-0.1, -0.05) is 6.08 Å². The van der Waals surface area contributed by atoms with E-state index in [1.165, 1.54) is 13.8 Å². The Morgan fingerprint density at radius 1 is 0.902 bits per heavy atom. The molecule has 2 heterocycles. The lowest BCUT2D eigenvalue weighted by Gasteiger charge is -2.24. The summed E-state index contributed by atoms with van der Waals surface area (Å²) in [6.45, 7) is 9.50. The third kappa shape index (κ3) is 6.07. The number of benzene rings is 2. The third-order valence-electron chi connectivity index (χ3n) is 6.84. The van der Waals surface area contributed by atoms with Crippen LogP contribution in [0.5, 0.6) is 0 Å². The molecule has 1 aliphatic heterocycles. The lowest BCUT2D eigenvalue weighted by atomic mass is 10.2. The molecule has 4 rings (SSSR count). The van der Waals surface area contributed by atoms with Crippen LogP contribution in [0.2, 0.25) is 0 Å². The smallest absolute Gasteiger partial charge is 0.302 e. The van der Waals surface area contributed by atoms with Gasteiger partial charge in [-0.15, -0.1) is 0 Å². The van der Waals surface area contributed by atoms with E-state index < -0.39 is 0 Å². The van der Waals surface area contributed by atoms with Crippen molar-refractivity contribution in [2.45, 2.75) is 40.8 Å². The standard InChI is InChI=1S/C31H33N6O4/c1-5-34-26-12-10-24(20-32)18-28(26)36(14-16-40-22(3)38)30(34)8-7-9-31-35(6-2)27-13-11-25(21-33)19-29(27)37(31)15-17-41-23(4)39/h7-13,18-19H,5-6,14-17H2,1-4H3/q+1. The van der Waals surface area contributed by atoms with Crippen molar-refractivity contribution < 1.29 is 23.6 Å². The maximum atomic E-state index is 11.4. The highest BCUT2D eigenvalue weighted by atomic mass is 16.5. The van der Waals surface area contributed by atoms with Crippen LogP contribution in [0.3, 0.4) is 0 Å². The zero-order valence-corrected chi connectivity index (χ0v) is 23.8. The van der Waals surface area contributed by atoms with Crippen molar-refractivity contribution in [3.05, 3.63) is 71.3 Å². The Balaban J connectivity index is 1.78. The van der Waals surface area contributed by atoms with Crippen molar-refractivity contribution in [3.63, 3.8) is 0 Å². The van der Waals surface area contributed by atoms with E-state index in [1.807, 2.05) is 42.5 Å². The Hall–Kier alpha value is -5.09. The fourth-order valence-corrected chi connectivity index (χ4v) is 5.14. The number of nitriles is 2. The number of carbonyl (C=O) groups is 2. The van der Waals surface area contributed by atoms with Crippen LogP contribution < -0.4 is 14.4 Å². The molecule has 0 fully saturated rings. The molecule has 0 saturated carbocycles.